The van der Waals surface area contributed by atoms with Crippen LogP contribution in [0.5, 0.6) is 0 Å². The molecule has 0 saturated carbocycles. The largest absolute Gasteiger partial charge is 0.465 e. The SMILES string of the molecule is COCC1(CNS(=O)(=O)c2cccc(F)c2C(=O)OC)CCCN1.Cl. The third-order valence-corrected chi connectivity index (χ3v) is 5.45. The molecule has 1 atom stereocenters. The lowest BCUT2D eigenvalue weighted by atomic mass is 9.99. The van der Waals surface area contributed by atoms with Crippen LogP contribution in [0.15, 0.2) is 23.1 Å². The molecule has 1 aliphatic heterocycles. The van der Waals surface area contributed by atoms with Gasteiger partial charge >= 0.3 is 5.97 Å². The van der Waals surface area contributed by atoms with Gasteiger partial charge in [-0.2, -0.15) is 0 Å². The van der Waals surface area contributed by atoms with Gasteiger partial charge in [-0.05, 0) is 31.5 Å². The smallest absolute Gasteiger partial charge is 0.342 e. The van der Waals surface area contributed by atoms with Crippen molar-refractivity contribution in [3.8, 4) is 0 Å². The lowest BCUT2D eigenvalue weighted by Crippen LogP contribution is -2.53. The van der Waals surface area contributed by atoms with E-state index < -0.39 is 37.8 Å². The van der Waals surface area contributed by atoms with E-state index in [9.17, 15) is 17.6 Å². The van der Waals surface area contributed by atoms with Crippen LogP contribution in [0.2, 0.25) is 0 Å². The molecule has 0 spiro atoms. The molecule has 2 N–H and O–H groups in total. The van der Waals surface area contributed by atoms with Gasteiger partial charge in [-0.3, -0.25) is 0 Å². The van der Waals surface area contributed by atoms with Crippen LogP contribution in [-0.2, 0) is 19.5 Å². The highest BCUT2D eigenvalue weighted by molar-refractivity contribution is 7.89. The lowest BCUT2D eigenvalue weighted by molar-refractivity contribution is 0.0590. The lowest BCUT2D eigenvalue weighted by Gasteiger charge is -2.29. The van der Waals surface area contributed by atoms with Crippen LogP contribution in [0.3, 0.4) is 0 Å². The minimum absolute atomic E-state index is 0. The quantitative estimate of drug-likeness (QED) is 0.670. The Morgan fingerprint density at radius 3 is 2.68 bits per heavy atom. The molecule has 0 bridgehead atoms. The Bertz CT molecular complexity index is 708. The van der Waals surface area contributed by atoms with Crippen LogP contribution >= 0.6 is 12.4 Å². The Balaban J connectivity index is 0.00000312. The zero-order chi connectivity index (χ0) is 17.8. The fourth-order valence-electron chi connectivity index (χ4n) is 2.81. The van der Waals surface area contributed by atoms with Gasteiger partial charge in [0.2, 0.25) is 10.0 Å². The molecule has 7 nitrogen and oxygen atoms in total. The zero-order valence-electron chi connectivity index (χ0n) is 14.0. The van der Waals surface area contributed by atoms with Crippen molar-refractivity contribution in [3.63, 3.8) is 0 Å². The van der Waals surface area contributed by atoms with Crippen molar-refractivity contribution in [3.05, 3.63) is 29.6 Å². The van der Waals surface area contributed by atoms with E-state index in [0.717, 1.165) is 32.6 Å². The molecule has 0 aliphatic carbocycles. The zero-order valence-corrected chi connectivity index (χ0v) is 15.6. The third-order valence-electron chi connectivity index (χ3n) is 4.01. The van der Waals surface area contributed by atoms with E-state index in [0.29, 0.717) is 6.61 Å². The number of hydrogen-bond acceptors (Lipinski definition) is 6. The van der Waals surface area contributed by atoms with E-state index in [2.05, 4.69) is 14.8 Å². The molecule has 142 valence electrons. The fourth-order valence-corrected chi connectivity index (χ4v) is 4.14. The van der Waals surface area contributed by atoms with Crippen LogP contribution in [0.25, 0.3) is 0 Å². The number of benzene rings is 1. The van der Waals surface area contributed by atoms with Crippen molar-refractivity contribution < 1.29 is 27.1 Å². The minimum Gasteiger partial charge on any atom is -0.465 e. The summed E-state index contributed by atoms with van der Waals surface area (Å²) >= 11 is 0. The van der Waals surface area contributed by atoms with Crippen molar-refractivity contribution in [2.45, 2.75) is 23.3 Å². The molecule has 2 rings (SSSR count). The summed E-state index contributed by atoms with van der Waals surface area (Å²) in [7, 11) is -1.49. The molecule has 25 heavy (non-hydrogen) atoms. The number of methoxy groups -OCH3 is 2. The summed E-state index contributed by atoms with van der Waals surface area (Å²) in [6.45, 7) is 1.17. The average Bonchev–Trinajstić information content (AvgIpc) is 3.01. The number of rotatable bonds is 7. The van der Waals surface area contributed by atoms with E-state index in [1.165, 1.54) is 19.2 Å². The van der Waals surface area contributed by atoms with Crippen molar-refractivity contribution >= 4 is 28.4 Å². The van der Waals surface area contributed by atoms with E-state index in [1.54, 1.807) is 0 Å². The van der Waals surface area contributed by atoms with Gasteiger partial charge in [0.15, 0.2) is 0 Å². The van der Waals surface area contributed by atoms with E-state index >= 15 is 0 Å². The number of nitrogens with one attached hydrogen (secondary N) is 2. The molecule has 1 heterocycles. The second-order valence-corrected chi connectivity index (χ2v) is 7.41. The maximum absolute atomic E-state index is 13.9. The van der Waals surface area contributed by atoms with E-state index in [4.69, 9.17) is 4.74 Å². The van der Waals surface area contributed by atoms with Crippen molar-refractivity contribution in [1.82, 2.24) is 10.0 Å². The number of sulfonamides is 1. The standard InChI is InChI=1S/C15H21FN2O5S.ClH/c1-22-10-15(7-4-8-17-15)9-18-24(20,21)12-6-3-5-11(16)13(12)14(19)23-2;/h3,5-6,17-18H,4,7-10H2,1-2H3;1H. The molecule has 1 saturated heterocycles. The molecular formula is C15H22ClFN2O5S. The van der Waals surface area contributed by atoms with Crippen LogP contribution in [-0.4, -0.2) is 53.8 Å². The van der Waals surface area contributed by atoms with Gasteiger partial charge in [-0.1, -0.05) is 6.07 Å². The third kappa shape index (κ3) is 4.89. The molecule has 1 aromatic carbocycles. The summed E-state index contributed by atoms with van der Waals surface area (Å²) in [5, 5.41) is 3.24. The summed E-state index contributed by atoms with van der Waals surface area (Å²) in [4.78, 5) is 11.3. The first-order valence-corrected chi connectivity index (χ1v) is 8.94. The summed E-state index contributed by atoms with van der Waals surface area (Å²) in [6, 6.07) is 3.41. The maximum Gasteiger partial charge on any atom is 0.342 e. The molecule has 1 aromatic rings. The first-order valence-electron chi connectivity index (χ1n) is 7.46. The maximum atomic E-state index is 13.9. The van der Waals surface area contributed by atoms with Gasteiger partial charge in [-0.15, -0.1) is 12.4 Å². The summed E-state index contributed by atoms with van der Waals surface area (Å²) in [6.07, 6.45) is 1.65. The van der Waals surface area contributed by atoms with Gasteiger partial charge < -0.3 is 14.8 Å². The molecule has 0 aromatic heterocycles. The van der Waals surface area contributed by atoms with Crippen molar-refractivity contribution in [1.29, 1.82) is 0 Å². The first-order chi connectivity index (χ1) is 11.4. The fraction of sp³-hybridized carbons (Fsp3) is 0.533. The summed E-state index contributed by atoms with van der Waals surface area (Å²) in [5.74, 6) is -1.99. The molecule has 10 heteroatoms. The molecule has 1 aliphatic rings. The molecule has 1 unspecified atom stereocenters. The topological polar surface area (TPSA) is 93.7 Å². The highest BCUT2D eigenvalue weighted by atomic mass is 35.5. The first kappa shape index (κ1) is 21.8. The van der Waals surface area contributed by atoms with Gasteiger partial charge in [0, 0.05) is 13.7 Å². The number of hydrogen-bond donors (Lipinski definition) is 2. The number of carbonyl (C=O) groups is 1. The van der Waals surface area contributed by atoms with Crippen molar-refractivity contribution in [2.24, 2.45) is 0 Å². The monoisotopic (exact) mass is 396 g/mol. The second-order valence-electron chi connectivity index (χ2n) is 5.67. The van der Waals surface area contributed by atoms with Crippen molar-refractivity contribution in [2.75, 3.05) is 33.9 Å². The van der Waals surface area contributed by atoms with Crippen LogP contribution in [0.1, 0.15) is 23.2 Å². The normalized spacial score (nSPS) is 20.1. The number of esters is 1. The van der Waals surface area contributed by atoms with E-state index in [1.807, 2.05) is 0 Å². The Labute approximate surface area is 152 Å². The average molecular weight is 397 g/mol. The van der Waals surface area contributed by atoms with E-state index in [-0.39, 0.29) is 19.0 Å². The Kier molecular flexibility index (Phi) is 7.76. The van der Waals surface area contributed by atoms with Gasteiger partial charge in [0.1, 0.15) is 11.4 Å². The second kappa shape index (κ2) is 8.91. The van der Waals surface area contributed by atoms with Gasteiger partial charge in [0.05, 0.1) is 24.2 Å². The number of ether oxygens (including phenoxy) is 2. The Morgan fingerprint density at radius 2 is 2.12 bits per heavy atom. The van der Waals surface area contributed by atoms with Gasteiger partial charge in [-0.25, -0.2) is 22.3 Å². The summed E-state index contributed by atoms with van der Waals surface area (Å²) < 4.78 is 51.2. The van der Waals surface area contributed by atoms with Gasteiger partial charge in [0.25, 0.3) is 0 Å². The Hall–Kier alpha value is -1.26. The van der Waals surface area contributed by atoms with Crippen LogP contribution in [0.4, 0.5) is 4.39 Å². The summed E-state index contributed by atoms with van der Waals surface area (Å²) in [5.41, 5.74) is -1.12. The molecular weight excluding hydrogens is 375 g/mol. The Morgan fingerprint density at radius 1 is 1.40 bits per heavy atom. The number of carbonyl (C=O) groups excluding carboxylic acids is 1. The molecule has 0 radical (unpaired) electrons. The van der Waals surface area contributed by atoms with Crippen LogP contribution in [0, 0.1) is 5.82 Å². The van der Waals surface area contributed by atoms with Crippen LogP contribution < -0.4 is 10.0 Å². The predicted octanol–water partition coefficient (Wildman–Crippen LogP) is 1.08. The molecule has 0 amide bonds. The highest BCUT2D eigenvalue weighted by Crippen LogP contribution is 2.22. The predicted molar refractivity (Wildman–Crippen MR) is 92.0 cm³/mol. The minimum atomic E-state index is -4.10. The molecule has 1 fully saturated rings. The highest BCUT2D eigenvalue weighted by Gasteiger charge is 2.36. The number of halogens is 2.